The van der Waals surface area contributed by atoms with Gasteiger partial charge in [0.25, 0.3) is 5.69 Å². The monoisotopic (exact) mass is 344 g/mol. The Balaban J connectivity index is 2.67. The Hall–Kier alpha value is -1.93. The second-order valence-electron chi connectivity index (χ2n) is 4.53. The van der Waals surface area contributed by atoms with Gasteiger partial charge in [0.15, 0.2) is 5.11 Å². The summed E-state index contributed by atoms with van der Waals surface area (Å²) in [6.45, 7) is 4.20. The molecule has 3 N–H and O–H groups in total. The van der Waals surface area contributed by atoms with Crippen molar-refractivity contribution in [3.8, 4) is 0 Å². The second-order valence-corrected chi connectivity index (χ2v) is 5.35. The predicted molar refractivity (Wildman–Crippen MR) is 90.2 cm³/mol. The number of nitro groups is 1. The lowest BCUT2D eigenvalue weighted by molar-refractivity contribution is -0.384. The van der Waals surface area contributed by atoms with Gasteiger partial charge in [-0.05, 0) is 31.6 Å². The van der Waals surface area contributed by atoms with E-state index in [0.717, 1.165) is 6.42 Å². The molecule has 0 spiro atoms. The van der Waals surface area contributed by atoms with Crippen LogP contribution in [-0.2, 0) is 4.79 Å². The maximum atomic E-state index is 11.7. The van der Waals surface area contributed by atoms with Gasteiger partial charge in [-0.25, -0.2) is 0 Å². The second kappa shape index (κ2) is 8.50. The maximum Gasteiger partial charge on any atom is 0.271 e. The third-order valence-electron chi connectivity index (χ3n) is 2.70. The lowest BCUT2D eigenvalue weighted by Gasteiger charge is -2.17. The first-order valence-electron chi connectivity index (χ1n) is 6.64. The fraction of sp³-hybridized carbons (Fsp3) is 0.385. The average Bonchev–Trinajstić information content (AvgIpc) is 2.46. The van der Waals surface area contributed by atoms with E-state index in [1.54, 1.807) is 6.92 Å². The molecule has 0 saturated carbocycles. The summed E-state index contributed by atoms with van der Waals surface area (Å²) in [5.41, 5.74) is 0.193. The zero-order chi connectivity index (χ0) is 16.7. The number of benzene rings is 1. The van der Waals surface area contributed by atoms with Gasteiger partial charge in [-0.2, -0.15) is 0 Å². The quantitative estimate of drug-likeness (QED) is 0.417. The number of hydrogen-bond donors (Lipinski definition) is 3. The van der Waals surface area contributed by atoms with Crippen LogP contribution >= 0.6 is 23.8 Å². The van der Waals surface area contributed by atoms with Crippen LogP contribution in [0.1, 0.15) is 20.3 Å². The molecule has 0 aliphatic rings. The molecule has 1 atom stereocenters. The fourth-order valence-electron chi connectivity index (χ4n) is 1.54. The number of non-ortho nitro benzene ring substituents is 1. The third kappa shape index (κ3) is 5.45. The molecule has 120 valence electrons. The minimum absolute atomic E-state index is 0.108. The number of hydrogen-bond acceptors (Lipinski definition) is 4. The molecule has 0 aromatic heterocycles. The zero-order valence-corrected chi connectivity index (χ0v) is 13.8. The molecule has 7 nitrogen and oxygen atoms in total. The summed E-state index contributed by atoms with van der Waals surface area (Å²) >= 11 is 11.0. The minimum Gasteiger partial charge on any atom is -0.354 e. The van der Waals surface area contributed by atoms with Crippen molar-refractivity contribution < 1.29 is 9.72 Å². The first kappa shape index (κ1) is 18.1. The van der Waals surface area contributed by atoms with Gasteiger partial charge in [-0.3, -0.25) is 14.9 Å². The van der Waals surface area contributed by atoms with Gasteiger partial charge in [-0.15, -0.1) is 0 Å². The molecule has 1 amide bonds. The molecule has 0 fully saturated rings. The molecule has 0 saturated heterocycles. The lowest BCUT2D eigenvalue weighted by atomic mass is 10.3. The predicted octanol–water partition coefficient (Wildman–Crippen LogP) is 2.45. The Kier molecular flexibility index (Phi) is 7.00. The normalized spacial score (nSPS) is 11.4. The molecule has 0 radical (unpaired) electrons. The van der Waals surface area contributed by atoms with Crippen molar-refractivity contribution >= 4 is 46.2 Å². The lowest BCUT2D eigenvalue weighted by Crippen LogP contribution is -2.46. The van der Waals surface area contributed by atoms with E-state index in [2.05, 4.69) is 16.0 Å². The maximum absolute atomic E-state index is 11.7. The first-order chi connectivity index (χ1) is 10.3. The van der Waals surface area contributed by atoms with Crippen LogP contribution in [-0.4, -0.2) is 28.5 Å². The molecule has 1 aromatic rings. The van der Waals surface area contributed by atoms with E-state index in [4.69, 9.17) is 23.8 Å². The van der Waals surface area contributed by atoms with Crippen molar-refractivity contribution in [1.82, 2.24) is 10.6 Å². The molecular weight excluding hydrogens is 328 g/mol. The number of nitro benzene ring substituents is 1. The van der Waals surface area contributed by atoms with Crippen molar-refractivity contribution in [3.05, 3.63) is 33.3 Å². The smallest absolute Gasteiger partial charge is 0.271 e. The molecule has 0 unspecified atom stereocenters. The number of carbonyl (C=O) groups is 1. The number of halogens is 1. The molecule has 0 aliphatic heterocycles. The molecular formula is C13H17ClN4O3S. The summed E-state index contributed by atoms with van der Waals surface area (Å²) in [6.07, 6.45) is 0.838. The van der Waals surface area contributed by atoms with Crippen molar-refractivity contribution in [2.24, 2.45) is 0 Å². The van der Waals surface area contributed by atoms with Gasteiger partial charge in [0.05, 0.1) is 15.6 Å². The standard InChI is InChI=1S/C13H17ClN4O3S/c1-3-6-15-12(19)8(2)16-13(22)17-11-7-9(18(20)21)4-5-10(11)14/h4-5,7-8H,3,6H2,1-2H3,(H,15,19)(H2,16,17,22)/t8-/m1/s1. The highest BCUT2D eigenvalue weighted by atomic mass is 35.5. The van der Waals surface area contributed by atoms with Gasteiger partial charge < -0.3 is 16.0 Å². The summed E-state index contributed by atoms with van der Waals surface area (Å²) in [7, 11) is 0. The van der Waals surface area contributed by atoms with E-state index < -0.39 is 11.0 Å². The summed E-state index contributed by atoms with van der Waals surface area (Å²) in [6, 6.07) is 3.44. The van der Waals surface area contributed by atoms with Crippen molar-refractivity contribution in [2.45, 2.75) is 26.3 Å². The third-order valence-corrected chi connectivity index (χ3v) is 3.25. The Morgan fingerprint density at radius 3 is 2.77 bits per heavy atom. The van der Waals surface area contributed by atoms with Gasteiger partial charge >= 0.3 is 0 Å². The molecule has 1 aromatic carbocycles. The summed E-state index contributed by atoms with van der Waals surface area (Å²) in [5.74, 6) is -0.184. The molecule has 0 bridgehead atoms. The molecule has 22 heavy (non-hydrogen) atoms. The van der Waals surface area contributed by atoms with Crippen LogP contribution in [0.25, 0.3) is 0 Å². The average molecular weight is 345 g/mol. The number of thiocarbonyl (C=S) groups is 1. The number of amides is 1. The molecule has 0 aliphatic carbocycles. The Bertz CT molecular complexity index is 582. The number of anilines is 1. The summed E-state index contributed by atoms with van der Waals surface area (Å²) in [5, 5.41) is 19.5. The van der Waals surface area contributed by atoms with E-state index >= 15 is 0 Å². The van der Waals surface area contributed by atoms with Crippen molar-refractivity contribution in [1.29, 1.82) is 0 Å². The highest BCUT2D eigenvalue weighted by Gasteiger charge is 2.15. The Labute approximate surface area is 138 Å². The van der Waals surface area contributed by atoms with E-state index in [9.17, 15) is 14.9 Å². The van der Waals surface area contributed by atoms with Crippen LogP contribution in [0.3, 0.4) is 0 Å². The molecule has 0 heterocycles. The van der Waals surface area contributed by atoms with Crippen LogP contribution in [0.15, 0.2) is 18.2 Å². The van der Waals surface area contributed by atoms with Crippen molar-refractivity contribution in [3.63, 3.8) is 0 Å². The summed E-state index contributed by atoms with van der Waals surface area (Å²) < 4.78 is 0. The van der Waals surface area contributed by atoms with E-state index in [1.165, 1.54) is 18.2 Å². The highest BCUT2D eigenvalue weighted by Crippen LogP contribution is 2.26. The van der Waals surface area contributed by atoms with Crippen LogP contribution in [0, 0.1) is 10.1 Å². The first-order valence-corrected chi connectivity index (χ1v) is 7.43. The van der Waals surface area contributed by atoms with Gasteiger partial charge in [-0.1, -0.05) is 18.5 Å². The van der Waals surface area contributed by atoms with Gasteiger partial charge in [0.1, 0.15) is 6.04 Å². The van der Waals surface area contributed by atoms with E-state index in [1.807, 2.05) is 6.92 Å². The summed E-state index contributed by atoms with van der Waals surface area (Å²) in [4.78, 5) is 21.9. The van der Waals surface area contributed by atoms with Gasteiger partial charge in [0, 0.05) is 18.7 Å². The van der Waals surface area contributed by atoms with Crippen LogP contribution in [0.2, 0.25) is 5.02 Å². The number of nitrogens with one attached hydrogen (secondary N) is 3. The van der Waals surface area contributed by atoms with Crippen LogP contribution in [0.5, 0.6) is 0 Å². The minimum atomic E-state index is -0.538. The Morgan fingerprint density at radius 2 is 2.18 bits per heavy atom. The largest absolute Gasteiger partial charge is 0.354 e. The Morgan fingerprint density at radius 1 is 1.50 bits per heavy atom. The highest BCUT2D eigenvalue weighted by molar-refractivity contribution is 7.80. The number of carbonyl (C=O) groups excluding carboxylic acids is 1. The number of rotatable bonds is 6. The fourth-order valence-corrected chi connectivity index (χ4v) is 2.00. The topological polar surface area (TPSA) is 96.3 Å². The van der Waals surface area contributed by atoms with Gasteiger partial charge in [0.2, 0.25) is 5.91 Å². The van der Waals surface area contributed by atoms with E-state index in [-0.39, 0.29) is 21.7 Å². The van der Waals surface area contributed by atoms with Crippen LogP contribution in [0.4, 0.5) is 11.4 Å². The number of nitrogens with zero attached hydrogens (tertiary/aromatic N) is 1. The van der Waals surface area contributed by atoms with Crippen LogP contribution < -0.4 is 16.0 Å². The molecule has 9 heteroatoms. The van der Waals surface area contributed by atoms with Crippen molar-refractivity contribution in [2.75, 3.05) is 11.9 Å². The SMILES string of the molecule is CCCNC(=O)[C@@H](C)NC(=S)Nc1cc([N+](=O)[O-])ccc1Cl. The zero-order valence-electron chi connectivity index (χ0n) is 12.2. The van der Waals surface area contributed by atoms with E-state index in [0.29, 0.717) is 12.2 Å². The molecule has 1 rings (SSSR count).